The van der Waals surface area contributed by atoms with Crippen LogP contribution < -0.4 is 0 Å². The Morgan fingerprint density at radius 1 is 0.773 bits per heavy atom. The molecule has 0 amide bonds. The zero-order chi connectivity index (χ0) is 14.1. The van der Waals surface area contributed by atoms with Crippen LogP contribution in [0.15, 0.2) is 54.6 Å². The van der Waals surface area contributed by atoms with Gasteiger partial charge in [0, 0.05) is 32.5 Å². The van der Waals surface area contributed by atoms with Gasteiger partial charge in [-0.3, -0.25) is 4.98 Å². The van der Waals surface area contributed by atoms with Crippen molar-refractivity contribution >= 4 is 0 Å². The Balaban J connectivity index is 0.00000144. The number of hydrogen-bond acceptors (Lipinski definition) is 1. The summed E-state index contributed by atoms with van der Waals surface area (Å²) in [5.74, 6) is 0. The van der Waals surface area contributed by atoms with E-state index in [4.69, 9.17) is 4.98 Å². The summed E-state index contributed by atoms with van der Waals surface area (Å²) in [5.41, 5.74) is 6.50. The minimum absolute atomic E-state index is 0. The summed E-state index contributed by atoms with van der Waals surface area (Å²) in [5, 5.41) is 0. The Bertz CT molecular complexity index is 732. The second-order valence-corrected chi connectivity index (χ2v) is 5.28. The number of hydrogen-bond donors (Lipinski definition) is 0. The van der Waals surface area contributed by atoms with Crippen LogP contribution in [0.5, 0.6) is 0 Å². The van der Waals surface area contributed by atoms with Gasteiger partial charge in [0.05, 0.1) is 0 Å². The summed E-state index contributed by atoms with van der Waals surface area (Å²) in [6.07, 6.45) is 4.06. The molecule has 0 spiro atoms. The molecule has 2 heterocycles. The zero-order valence-electron chi connectivity index (χ0n) is 12.0. The van der Waals surface area contributed by atoms with Gasteiger partial charge in [0.25, 0.3) is 0 Å². The van der Waals surface area contributed by atoms with E-state index in [1.807, 2.05) is 6.07 Å². The molecule has 112 valence electrons. The predicted molar refractivity (Wildman–Crippen MR) is 84.5 cm³/mol. The summed E-state index contributed by atoms with van der Waals surface area (Å²) in [6, 6.07) is 25.7. The normalized spacial score (nSPS) is 12.5. The fraction of sp³-hybridized carbons (Fsp3) is 0.100. The van der Waals surface area contributed by atoms with Crippen molar-refractivity contribution in [3.63, 3.8) is 0 Å². The van der Waals surface area contributed by atoms with E-state index in [1.54, 1.807) is 0 Å². The van der Waals surface area contributed by atoms with Crippen molar-refractivity contribution < 1.29 is 21.1 Å². The maximum atomic E-state index is 4.74. The minimum Gasteiger partial charge on any atom is -0.320 e. The average Bonchev–Trinajstić information content (AvgIpc) is 2.55. The maximum absolute atomic E-state index is 4.74. The third-order valence-corrected chi connectivity index (χ3v) is 3.74. The Kier molecular flexibility index (Phi) is 4.54. The van der Waals surface area contributed by atoms with Crippen LogP contribution in [0.3, 0.4) is 0 Å². The summed E-state index contributed by atoms with van der Waals surface area (Å²) in [4.78, 5) is 4.74. The molecular weight excluding hydrogens is 449 g/mol. The van der Waals surface area contributed by atoms with Gasteiger partial charge in [0.15, 0.2) is 0 Å². The van der Waals surface area contributed by atoms with E-state index in [9.17, 15) is 0 Å². The van der Waals surface area contributed by atoms with Gasteiger partial charge in [-0.15, -0.1) is 30.2 Å². The van der Waals surface area contributed by atoms with Crippen molar-refractivity contribution in [2.24, 2.45) is 0 Å². The predicted octanol–water partition coefficient (Wildman–Crippen LogP) is 4.32. The molecule has 0 N–H and O–H groups in total. The molecule has 0 unspecified atom stereocenters. The van der Waals surface area contributed by atoms with Gasteiger partial charge in [0.2, 0.25) is 0 Å². The Morgan fingerprint density at radius 2 is 1.50 bits per heavy atom. The van der Waals surface area contributed by atoms with E-state index in [-0.39, 0.29) is 21.1 Å². The molecule has 0 fully saturated rings. The molecule has 0 saturated heterocycles. The van der Waals surface area contributed by atoms with Crippen LogP contribution in [0.25, 0.3) is 22.4 Å². The molecular formula is C20H14NPt-3. The molecule has 0 radical (unpaired) electrons. The molecule has 1 aromatic heterocycles. The topological polar surface area (TPSA) is 12.9 Å². The summed E-state index contributed by atoms with van der Waals surface area (Å²) < 4.78 is 0. The summed E-state index contributed by atoms with van der Waals surface area (Å²) in [6.45, 7) is 0. The van der Waals surface area contributed by atoms with Crippen molar-refractivity contribution in [3.8, 4) is 22.4 Å². The van der Waals surface area contributed by atoms with Gasteiger partial charge in [-0.2, -0.15) is 47.9 Å². The summed E-state index contributed by atoms with van der Waals surface area (Å²) >= 11 is 0. The van der Waals surface area contributed by atoms with Gasteiger partial charge in [0.1, 0.15) is 0 Å². The van der Waals surface area contributed by atoms with Gasteiger partial charge >= 0.3 is 0 Å². The number of benzene rings is 2. The first-order valence-electron chi connectivity index (χ1n) is 7.20. The number of fused-ring (bicyclic) bond motifs is 8. The van der Waals surface area contributed by atoms with Gasteiger partial charge in [-0.1, -0.05) is 12.1 Å². The molecule has 22 heavy (non-hydrogen) atoms. The molecule has 6 bridgehead atoms. The quantitative estimate of drug-likeness (QED) is 0.453. The van der Waals surface area contributed by atoms with Crippen molar-refractivity contribution in [3.05, 3.63) is 84.4 Å². The van der Waals surface area contributed by atoms with Crippen molar-refractivity contribution in [2.45, 2.75) is 12.8 Å². The van der Waals surface area contributed by atoms with Gasteiger partial charge < -0.3 is 6.42 Å². The number of pyridine rings is 1. The number of aromatic nitrogens is 1. The molecule has 1 aliphatic rings. The van der Waals surface area contributed by atoms with E-state index in [0.29, 0.717) is 0 Å². The fourth-order valence-electron chi connectivity index (χ4n) is 2.69. The molecule has 0 aliphatic carbocycles. The standard InChI is InChI=1S/C20H14N.Pt/c1-5-15-6-2-10-19-11-4-12-20(21-19)18-9-3-8-17(14-18)16(7-1)13-15;/h1-5,7-9,11-12H,6,10H2;/q-3;. The molecule has 0 saturated carbocycles. The van der Waals surface area contributed by atoms with Crippen LogP contribution in [0.2, 0.25) is 0 Å². The van der Waals surface area contributed by atoms with Crippen LogP contribution in [-0.4, -0.2) is 4.98 Å². The van der Waals surface area contributed by atoms with E-state index >= 15 is 0 Å². The molecule has 2 heteroatoms. The maximum Gasteiger partial charge on any atom is 0.00425 e. The zero-order valence-corrected chi connectivity index (χ0v) is 14.2. The molecule has 3 aromatic rings. The van der Waals surface area contributed by atoms with E-state index in [1.165, 1.54) is 5.56 Å². The first-order chi connectivity index (χ1) is 10.4. The third-order valence-electron chi connectivity index (χ3n) is 3.74. The largest absolute Gasteiger partial charge is 0.320 e. The Labute approximate surface area is 145 Å². The molecule has 1 nitrogen and oxygen atoms in total. The molecule has 0 atom stereocenters. The van der Waals surface area contributed by atoms with Crippen LogP contribution >= 0.6 is 0 Å². The first-order valence-corrected chi connectivity index (χ1v) is 7.20. The number of rotatable bonds is 0. The molecule has 1 aliphatic heterocycles. The Hall–Kier alpha value is -1.72. The third kappa shape index (κ3) is 3.05. The van der Waals surface area contributed by atoms with Gasteiger partial charge in [-0.25, -0.2) is 5.56 Å². The van der Waals surface area contributed by atoms with Gasteiger partial charge in [-0.05, 0) is 6.07 Å². The van der Waals surface area contributed by atoms with Crippen LogP contribution in [0, 0.1) is 18.6 Å². The van der Waals surface area contributed by atoms with Crippen LogP contribution in [0.4, 0.5) is 0 Å². The molecule has 4 rings (SSSR count). The summed E-state index contributed by atoms with van der Waals surface area (Å²) in [7, 11) is 0. The minimum atomic E-state index is 0. The monoisotopic (exact) mass is 463 g/mol. The van der Waals surface area contributed by atoms with E-state index in [0.717, 1.165) is 40.9 Å². The average molecular weight is 463 g/mol. The number of nitrogens with zero attached hydrogens (tertiary/aromatic N) is 1. The van der Waals surface area contributed by atoms with Crippen molar-refractivity contribution in [1.29, 1.82) is 0 Å². The Morgan fingerprint density at radius 3 is 2.41 bits per heavy atom. The molecule has 2 aromatic carbocycles. The second kappa shape index (κ2) is 6.58. The SMILES string of the molecule is [Pt].[c-]1c2cccc1-c1[c-]c(ccc1)-c1cccc(n1)C[CH-]C2. The fourth-order valence-corrected chi connectivity index (χ4v) is 2.69. The second-order valence-electron chi connectivity index (χ2n) is 5.28. The van der Waals surface area contributed by atoms with Crippen molar-refractivity contribution in [1.82, 2.24) is 4.98 Å². The smallest absolute Gasteiger partial charge is 0.00425 e. The van der Waals surface area contributed by atoms with E-state index < -0.39 is 0 Å². The first kappa shape index (κ1) is 15.2. The van der Waals surface area contributed by atoms with Crippen LogP contribution in [-0.2, 0) is 33.9 Å². The van der Waals surface area contributed by atoms with Crippen molar-refractivity contribution in [2.75, 3.05) is 0 Å². The van der Waals surface area contributed by atoms with E-state index in [2.05, 4.69) is 67.1 Å². The van der Waals surface area contributed by atoms with Crippen LogP contribution in [0.1, 0.15) is 11.3 Å².